The molecule has 0 aromatic heterocycles. The number of nitrogens with one attached hydrogen (secondary N) is 1. The molecule has 1 amide bonds. The molecule has 0 saturated heterocycles. The van der Waals surface area contributed by atoms with Gasteiger partial charge in [0.1, 0.15) is 0 Å². The number of hydrogen-bond donors (Lipinski definition) is 2. The summed E-state index contributed by atoms with van der Waals surface area (Å²) < 4.78 is 0. The van der Waals surface area contributed by atoms with Gasteiger partial charge >= 0.3 is 0 Å². The molecule has 0 aromatic rings. The first-order chi connectivity index (χ1) is 8.41. The highest BCUT2D eigenvalue weighted by atomic mass is 16.2. The average molecular weight is 252 g/mol. The van der Waals surface area contributed by atoms with E-state index < -0.39 is 0 Å². The molecule has 3 heteroatoms. The summed E-state index contributed by atoms with van der Waals surface area (Å²) in [5.41, 5.74) is 5.78. The lowest BCUT2D eigenvalue weighted by atomic mass is 9.79. The Balaban J connectivity index is 1.94. The molecule has 4 unspecified atom stereocenters. The van der Waals surface area contributed by atoms with Gasteiger partial charge in [0.05, 0.1) is 5.41 Å². The van der Waals surface area contributed by atoms with Gasteiger partial charge in [-0.15, -0.1) is 0 Å². The smallest absolute Gasteiger partial charge is 0.227 e. The lowest BCUT2D eigenvalue weighted by Crippen LogP contribution is -2.51. The lowest BCUT2D eigenvalue weighted by molar-refractivity contribution is -0.131. The summed E-state index contributed by atoms with van der Waals surface area (Å²) in [6.45, 7) is 6.62. The standard InChI is InChI=1S/C15H28N2O/c1-10-7-11(2)9-12(8-10)17-14(18)15(3)6-4-5-13(15)16/h10-13H,4-9,16H2,1-3H3,(H,17,18). The minimum atomic E-state index is -0.329. The van der Waals surface area contributed by atoms with Crippen LogP contribution in [-0.2, 0) is 4.79 Å². The fourth-order valence-electron chi connectivity index (χ4n) is 3.89. The third kappa shape index (κ3) is 2.71. The predicted octanol–water partition coefficient (Wildman–Crippen LogP) is 2.44. The maximum Gasteiger partial charge on any atom is 0.227 e. The largest absolute Gasteiger partial charge is 0.353 e. The van der Waals surface area contributed by atoms with Crippen molar-refractivity contribution in [3.8, 4) is 0 Å². The number of carbonyl (C=O) groups is 1. The van der Waals surface area contributed by atoms with Gasteiger partial charge in [0.2, 0.25) is 5.91 Å². The van der Waals surface area contributed by atoms with Gasteiger partial charge in [-0.05, 0) is 50.9 Å². The molecule has 2 saturated carbocycles. The van der Waals surface area contributed by atoms with Crippen LogP contribution in [-0.4, -0.2) is 18.0 Å². The van der Waals surface area contributed by atoms with Gasteiger partial charge in [-0.2, -0.15) is 0 Å². The van der Waals surface area contributed by atoms with Crippen LogP contribution in [0.5, 0.6) is 0 Å². The first-order valence-corrected chi connectivity index (χ1v) is 7.48. The molecule has 2 aliphatic carbocycles. The van der Waals surface area contributed by atoms with Crippen LogP contribution in [0.2, 0.25) is 0 Å². The third-order valence-electron chi connectivity index (χ3n) is 5.06. The van der Waals surface area contributed by atoms with Gasteiger partial charge < -0.3 is 11.1 Å². The molecule has 0 radical (unpaired) electrons. The predicted molar refractivity (Wildman–Crippen MR) is 74.0 cm³/mol. The maximum atomic E-state index is 12.5. The van der Waals surface area contributed by atoms with Crippen LogP contribution in [0.15, 0.2) is 0 Å². The van der Waals surface area contributed by atoms with E-state index in [0.29, 0.717) is 6.04 Å². The normalized spacial score (nSPS) is 44.9. The van der Waals surface area contributed by atoms with Crippen molar-refractivity contribution in [2.24, 2.45) is 23.0 Å². The number of nitrogens with two attached hydrogens (primary N) is 1. The molecule has 0 aliphatic heterocycles. The van der Waals surface area contributed by atoms with Crippen molar-refractivity contribution >= 4 is 5.91 Å². The van der Waals surface area contributed by atoms with Gasteiger partial charge in [0, 0.05) is 12.1 Å². The molecule has 2 rings (SSSR count). The quantitative estimate of drug-likeness (QED) is 0.793. The van der Waals surface area contributed by atoms with Crippen molar-refractivity contribution in [2.45, 2.75) is 71.4 Å². The molecule has 3 nitrogen and oxygen atoms in total. The van der Waals surface area contributed by atoms with Crippen molar-refractivity contribution in [3.63, 3.8) is 0 Å². The highest BCUT2D eigenvalue weighted by Gasteiger charge is 2.43. The third-order valence-corrected chi connectivity index (χ3v) is 5.06. The summed E-state index contributed by atoms with van der Waals surface area (Å²) in [6, 6.07) is 0.400. The Kier molecular flexibility index (Phi) is 4.00. The van der Waals surface area contributed by atoms with E-state index in [9.17, 15) is 4.79 Å². The number of rotatable bonds is 2. The molecular formula is C15H28N2O. The fourth-order valence-corrected chi connectivity index (χ4v) is 3.89. The molecule has 0 heterocycles. The fraction of sp³-hybridized carbons (Fsp3) is 0.933. The van der Waals surface area contributed by atoms with Crippen LogP contribution in [0.4, 0.5) is 0 Å². The SMILES string of the molecule is CC1CC(C)CC(NC(=O)C2(C)CCCC2N)C1. The van der Waals surface area contributed by atoms with E-state index in [1.165, 1.54) is 6.42 Å². The number of hydrogen-bond acceptors (Lipinski definition) is 2. The summed E-state index contributed by atoms with van der Waals surface area (Å²) in [7, 11) is 0. The minimum absolute atomic E-state index is 0.0379. The molecule has 3 N–H and O–H groups in total. The van der Waals surface area contributed by atoms with E-state index in [2.05, 4.69) is 19.2 Å². The van der Waals surface area contributed by atoms with E-state index in [4.69, 9.17) is 5.73 Å². The van der Waals surface area contributed by atoms with Crippen molar-refractivity contribution in [1.82, 2.24) is 5.32 Å². The Morgan fingerprint density at radius 1 is 1.22 bits per heavy atom. The number of carbonyl (C=O) groups excluding carboxylic acids is 1. The Morgan fingerprint density at radius 3 is 2.33 bits per heavy atom. The zero-order valence-corrected chi connectivity index (χ0v) is 12.0. The summed E-state index contributed by atoms with van der Waals surface area (Å²) in [6.07, 6.45) is 6.56. The van der Waals surface area contributed by atoms with Crippen LogP contribution in [0, 0.1) is 17.3 Å². The maximum absolute atomic E-state index is 12.5. The van der Waals surface area contributed by atoms with Crippen LogP contribution >= 0.6 is 0 Å². The summed E-state index contributed by atoms with van der Waals surface area (Å²) >= 11 is 0. The summed E-state index contributed by atoms with van der Waals surface area (Å²) in [5.74, 6) is 1.65. The highest BCUT2D eigenvalue weighted by Crippen LogP contribution is 2.37. The molecule has 0 spiro atoms. The summed E-state index contributed by atoms with van der Waals surface area (Å²) in [4.78, 5) is 12.5. The van der Waals surface area contributed by atoms with Crippen LogP contribution in [0.3, 0.4) is 0 Å². The van der Waals surface area contributed by atoms with Crippen molar-refractivity contribution in [2.75, 3.05) is 0 Å². The Hall–Kier alpha value is -0.570. The zero-order valence-electron chi connectivity index (χ0n) is 12.0. The monoisotopic (exact) mass is 252 g/mol. The molecule has 104 valence electrons. The van der Waals surface area contributed by atoms with E-state index in [0.717, 1.165) is 43.9 Å². The molecule has 0 aromatic carbocycles. The molecule has 0 bridgehead atoms. The molecular weight excluding hydrogens is 224 g/mol. The van der Waals surface area contributed by atoms with Crippen molar-refractivity contribution < 1.29 is 4.79 Å². The van der Waals surface area contributed by atoms with Gasteiger partial charge in [-0.3, -0.25) is 4.79 Å². The van der Waals surface area contributed by atoms with Crippen molar-refractivity contribution in [3.05, 3.63) is 0 Å². The Bertz CT molecular complexity index is 308. The lowest BCUT2D eigenvalue weighted by Gasteiger charge is -2.35. The zero-order chi connectivity index (χ0) is 13.3. The summed E-state index contributed by atoms with van der Waals surface area (Å²) in [5, 5.41) is 3.27. The average Bonchev–Trinajstić information content (AvgIpc) is 2.59. The first kappa shape index (κ1) is 13.9. The second kappa shape index (κ2) is 5.20. The van der Waals surface area contributed by atoms with Crippen molar-refractivity contribution in [1.29, 1.82) is 0 Å². The molecule has 2 aliphatic rings. The Labute approximate surface area is 111 Å². The van der Waals surface area contributed by atoms with E-state index >= 15 is 0 Å². The second-order valence-electron chi connectivity index (χ2n) is 7.00. The van der Waals surface area contributed by atoms with Gasteiger partial charge in [-0.1, -0.05) is 20.3 Å². The van der Waals surface area contributed by atoms with E-state index in [1.807, 2.05) is 6.92 Å². The van der Waals surface area contributed by atoms with E-state index in [-0.39, 0.29) is 17.4 Å². The minimum Gasteiger partial charge on any atom is -0.353 e. The molecule has 4 atom stereocenters. The topological polar surface area (TPSA) is 55.1 Å². The van der Waals surface area contributed by atoms with Gasteiger partial charge in [0.25, 0.3) is 0 Å². The van der Waals surface area contributed by atoms with Gasteiger partial charge in [-0.25, -0.2) is 0 Å². The first-order valence-electron chi connectivity index (χ1n) is 7.48. The second-order valence-corrected chi connectivity index (χ2v) is 7.00. The molecule has 2 fully saturated rings. The highest BCUT2D eigenvalue weighted by molar-refractivity contribution is 5.83. The Morgan fingerprint density at radius 2 is 1.83 bits per heavy atom. The van der Waals surface area contributed by atoms with Crippen LogP contribution in [0.1, 0.15) is 59.3 Å². The van der Waals surface area contributed by atoms with Gasteiger partial charge in [0.15, 0.2) is 0 Å². The molecule has 18 heavy (non-hydrogen) atoms. The van der Waals surface area contributed by atoms with E-state index in [1.54, 1.807) is 0 Å². The number of amides is 1. The van der Waals surface area contributed by atoms with Crippen LogP contribution < -0.4 is 11.1 Å². The van der Waals surface area contributed by atoms with Crippen LogP contribution in [0.25, 0.3) is 0 Å².